The molecule has 1 aliphatic rings. The van der Waals surface area contributed by atoms with Crippen molar-refractivity contribution in [3.63, 3.8) is 0 Å². The summed E-state index contributed by atoms with van der Waals surface area (Å²) in [4.78, 5) is 0. The maximum Gasteiger partial charge on any atom is 0.129 e. The Morgan fingerprint density at radius 2 is 2.20 bits per heavy atom. The van der Waals surface area contributed by atoms with Crippen LogP contribution in [0.15, 0.2) is 18.2 Å². The minimum absolute atomic E-state index is 0.213. The van der Waals surface area contributed by atoms with Crippen molar-refractivity contribution in [1.82, 2.24) is 5.32 Å². The van der Waals surface area contributed by atoms with Crippen molar-refractivity contribution in [2.75, 3.05) is 5.73 Å². The van der Waals surface area contributed by atoms with E-state index in [1.54, 1.807) is 12.1 Å². The first-order valence-electron chi connectivity index (χ1n) is 5.42. The molecule has 0 saturated heterocycles. The van der Waals surface area contributed by atoms with Crippen molar-refractivity contribution in [3.8, 4) is 0 Å². The van der Waals surface area contributed by atoms with Gasteiger partial charge in [-0.25, -0.2) is 4.39 Å². The van der Waals surface area contributed by atoms with E-state index in [1.165, 1.54) is 18.9 Å². The van der Waals surface area contributed by atoms with Crippen molar-refractivity contribution in [3.05, 3.63) is 29.6 Å². The van der Waals surface area contributed by atoms with Gasteiger partial charge in [0.1, 0.15) is 5.82 Å². The predicted molar refractivity (Wildman–Crippen MR) is 59.8 cm³/mol. The smallest absolute Gasteiger partial charge is 0.129 e. The Bertz CT molecular complexity index is 345. The number of nitrogen functional groups attached to an aromatic ring is 1. The Labute approximate surface area is 89.7 Å². The Balaban J connectivity index is 1.88. The third-order valence-electron chi connectivity index (χ3n) is 3.03. The van der Waals surface area contributed by atoms with E-state index < -0.39 is 0 Å². The first kappa shape index (κ1) is 10.4. The largest absolute Gasteiger partial charge is 0.399 e. The SMILES string of the molecule is CC1CC(NCc2ccc(N)cc2F)C1. The number of nitrogens with one attached hydrogen (secondary N) is 1. The maximum absolute atomic E-state index is 13.4. The van der Waals surface area contributed by atoms with Crippen LogP contribution in [0.4, 0.5) is 10.1 Å². The fourth-order valence-corrected chi connectivity index (χ4v) is 2.03. The van der Waals surface area contributed by atoms with Gasteiger partial charge in [0.05, 0.1) is 0 Å². The van der Waals surface area contributed by atoms with Gasteiger partial charge in [-0.1, -0.05) is 13.0 Å². The van der Waals surface area contributed by atoms with Crippen LogP contribution in [0, 0.1) is 11.7 Å². The fraction of sp³-hybridized carbons (Fsp3) is 0.500. The van der Waals surface area contributed by atoms with Crippen LogP contribution in [0.2, 0.25) is 0 Å². The van der Waals surface area contributed by atoms with E-state index in [0.717, 1.165) is 5.92 Å². The van der Waals surface area contributed by atoms with Crippen molar-refractivity contribution < 1.29 is 4.39 Å². The lowest BCUT2D eigenvalue weighted by Crippen LogP contribution is -2.39. The number of benzene rings is 1. The zero-order valence-corrected chi connectivity index (χ0v) is 8.96. The molecule has 15 heavy (non-hydrogen) atoms. The highest BCUT2D eigenvalue weighted by atomic mass is 19.1. The third-order valence-corrected chi connectivity index (χ3v) is 3.03. The molecular weight excluding hydrogens is 191 g/mol. The number of nitrogens with two attached hydrogens (primary N) is 1. The summed E-state index contributed by atoms with van der Waals surface area (Å²) >= 11 is 0. The molecule has 82 valence electrons. The third kappa shape index (κ3) is 2.48. The highest BCUT2D eigenvalue weighted by Crippen LogP contribution is 2.26. The summed E-state index contributed by atoms with van der Waals surface area (Å²) < 4.78 is 13.4. The molecular formula is C12H17FN2. The highest BCUT2D eigenvalue weighted by Gasteiger charge is 2.24. The Morgan fingerprint density at radius 1 is 1.47 bits per heavy atom. The van der Waals surface area contributed by atoms with Crippen molar-refractivity contribution in [2.45, 2.75) is 32.4 Å². The topological polar surface area (TPSA) is 38.0 Å². The number of rotatable bonds is 3. The monoisotopic (exact) mass is 208 g/mol. The summed E-state index contributed by atoms with van der Waals surface area (Å²) in [5, 5.41) is 3.35. The summed E-state index contributed by atoms with van der Waals surface area (Å²) in [5.41, 5.74) is 6.66. The number of halogens is 1. The molecule has 0 amide bonds. The average Bonchev–Trinajstić information content (AvgIpc) is 2.13. The molecule has 3 N–H and O–H groups in total. The molecule has 0 aromatic heterocycles. The minimum Gasteiger partial charge on any atom is -0.399 e. The standard InChI is InChI=1S/C12H17FN2/c1-8-4-11(5-8)15-7-9-2-3-10(14)6-12(9)13/h2-3,6,8,11,15H,4-5,7,14H2,1H3. The van der Waals surface area contributed by atoms with Crippen molar-refractivity contribution >= 4 is 5.69 Å². The Morgan fingerprint density at radius 3 is 2.80 bits per heavy atom. The summed E-state index contributed by atoms with van der Waals surface area (Å²) in [6, 6.07) is 5.43. The molecule has 0 radical (unpaired) electrons. The summed E-state index contributed by atoms with van der Waals surface area (Å²) in [6.45, 7) is 2.84. The van der Waals surface area contributed by atoms with Crippen LogP contribution in [-0.4, -0.2) is 6.04 Å². The van der Waals surface area contributed by atoms with Crippen LogP contribution >= 0.6 is 0 Å². The quantitative estimate of drug-likeness (QED) is 0.748. The van der Waals surface area contributed by atoms with Crippen molar-refractivity contribution in [1.29, 1.82) is 0 Å². The molecule has 3 heteroatoms. The Hall–Kier alpha value is -1.09. The molecule has 0 spiro atoms. The van der Waals surface area contributed by atoms with Gasteiger partial charge in [-0.15, -0.1) is 0 Å². The summed E-state index contributed by atoms with van der Waals surface area (Å²) in [7, 11) is 0. The fourth-order valence-electron chi connectivity index (χ4n) is 2.03. The highest BCUT2D eigenvalue weighted by molar-refractivity contribution is 5.40. The summed E-state index contributed by atoms with van der Waals surface area (Å²) in [5.74, 6) is 0.605. The molecule has 1 fully saturated rings. The summed E-state index contributed by atoms with van der Waals surface area (Å²) in [6.07, 6.45) is 2.41. The molecule has 1 saturated carbocycles. The van der Waals surface area contributed by atoms with Gasteiger partial charge in [0.25, 0.3) is 0 Å². The lowest BCUT2D eigenvalue weighted by Gasteiger charge is -2.33. The molecule has 0 atom stereocenters. The van der Waals surface area contributed by atoms with Gasteiger partial charge in [0.15, 0.2) is 0 Å². The normalized spacial score (nSPS) is 24.9. The molecule has 0 heterocycles. The molecule has 2 nitrogen and oxygen atoms in total. The molecule has 0 bridgehead atoms. The maximum atomic E-state index is 13.4. The van der Waals surface area contributed by atoms with Crippen molar-refractivity contribution in [2.24, 2.45) is 5.92 Å². The number of hydrogen-bond acceptors (Lipinski definition) is 2. The van der Waals surface area contributed by atoms with Crippen LogP contribution in [-0.2, 0) is 6.54 Å². The van der Waals surface area contributed by atoms with E-state index in [-0.39, 0.29) is 5.82 Å². The van der Waals surface area contributed by atoms with Crippen LogP contribution < -0.4 is 11.1 Å². The lowest BCUT2D eigenvalue weighted by atomic mass is 9.82. The lowest BCUT2D eigenvalue weighted by molar-refractivity contribution is 0.239. The second-order valence-electron chi connectivity index (χ2n) is 4.51. The van der Waals surface area contributed by atoms with Gasteiger partial charge >= 0.3 is 0 Å². The van der Waals surface area contributed by atoms with Crippen LogP contribution in [0.3, 0.4) is 0 Å². The average molecular weight is 208 g/mol. The molecule has 0 unspecified atom stereocenters. The second kappa shape index (κ2) is 4.19. The zero-order chi connectivity index (χ0) is 10.8. The van der Waals surface area contributed by atoms with Gasteiger partial charge in [-0.05, 0) is 30.9 Å². The first-order chi connectivity index (χ1) is 7.15. The molecule has 0 aliphatic heterocycles. The van der Waals surface area contributed by atoms with Gasteiger partial charge in [-0.2, -0.15) is 0 Å². The van der Waals surface area contributed by atoms with Crippen LogP contribution in [0.25, 0.3) is 0 Å². The Kier molecular flexibility index (Phi) is 2.91. The van der Waals surface area contributed by atoms with Gasteiger partial charge < -0.3 is 11.1 Å². The minimum atomic E-state index is -0.213. The second-order valence-corrected chi connectivity index (χ2v) is 4.51. The van der Waals surface area contributed by atoms with Gasteiger partial charge in [-0.3, -0.25) is 0 Å². The van der Waals surface area contributed by atoms with E-state index in [4.69, 9.17) is 5.73 Å². The van der Waals surface area contributed by atoms with E-state index >= 15 is 0 Å². The molecule has 1 aliphatic carbocycles. The van der Waals surface area contributed by atoms with Crippen LogP contribution in [0.5, 0.6) is 0 Å². The first-order valence-corrected chi connectivity index (χ1v) is 5.42. The number of hydrogen-bond donors (Lipinski definition) is 2. The number of anilines is 1. The van der Waals surface area contributed by atoms with E-state index in [0.29, 0.717) is 23.8 Å². The molecule has 1 aromatic rings. The molecule has 1 aromatic carbocycles. The van der Waals surface area contributed by atoms with Crippen LogP contribution in [0.1, 0.15) is 25.3 Å². The van der Waals surface area contributed by atoms with E-state index in [2.05, 4.69) is 12.2 Å². The zero-order valence-electron chi connectivity index (χ0n) is 8.96. The van der Waals surface area contributed by atoms with Gasteiger partial charge in [0, 0.05) is 23.8 Å². The molecule has 2 rings (SSSR count). The van der Waals surface area contributed by atoms with Gasteiger partial charge in [0.2, 0.25) is 0 Å². The van der Waals surface area contributed by atoms with E-state index in [1.807, 2.05) is 0 Å². The predicted octanol–water partition coefficient (Wildman–Crippen LogP) is 2.30. The van der Waals surface area contributed by atoms with E-state index in [9.17, 15) is 4.39 Å².